The third-order valence-electron chi connectivity index (χ3n) is 4.81. The molecule has 0 aliphatic carbocycles. The normalized spacial score (nSPS) is 25.8. The first-order chi connectivity index (χ1) is 7.89. The van der Waals surface area contributed by atoms with Crippen molar-refractivity contribution >= 4 is 0 Å². The SMILES string of the molecule is CCC(C)CC(CC)(CN)N1CCC(C)(C)C1. The maximum Gasteiger partial charge on any atom is 0.0331 e. The van der Waals surface area contributed by atoms with E-state index in [0.717, 1.165) is 12.5 Å². The van der Waals surface area contributed by atoms with E-state index >= 15 is 0 Å². The summed E-state index contributed by atoms with van der Waals surface area (Å²) in [5.74, 6) is 0.780. The molecule has 0 saturated carbocycles. The van der Waals surface area contributed by atoms with Crippen LogP contribution in [0.5, 0.6) is 0 Å². The molecule has 0 amide bonds. The van der Waals surface area contributed by atoms with Gasteiger partial charge in [0.25, 0.3) is 0 Å². The van der Waals surface area contributed by atoms with E-state index in [-0.39, 0.29) is 5.54 Å². The summed E-state index contributed by atoms with van der Waals surface area (Å²) in [6.07, 6.45) is 5.02. The van der Waals surface area contributed by atoms with Gasteiger partial charge in [0, 0.05) is 18.6 Å². The van der Waals surface area contributed by atoms with Gasteiger partial charge in [-0.3, -0.25) is 4.90 Å². The first-order valence-corrected chi connectivity index (χ1v) is 7.34. The van der Waals surface area contributed by atoms with Crippen molar-refractivity contribution in [1.29, 1.82) is 0 Å². The van der Waals surface area contributed by atoms with E-state index in [4.69, 9.17) is 5.73 Å². The zero-order valence-corrected chi connectivity index (χ0v) is 12.6. The van der Waals surface area contributed by atoms with Gasteiger partial charge < -0.3 is 5.73 Å². The van der Waals surface area contributed by atoms with Crippen LogP contribution in [0.4, 0.5) is 0 Å². The summed E-state index contributed by atoms with van der Waals surface area (Å²) in [6.45, 7) is 15.0. The van der Waals surface area contributed by atoms with Crippen LogP contribution in [-0.2, 0) is 0 Å². The molecule has 17 heavy (non-hydrogen) atoms. The molecular weight excluding hydrogens is 208 g/mol. The number of hydrogen-bond donors (Lipinski definition) is 1. The lowest BCUT2D eigenvalue weighted by Crippen LogP contribution is -2.53. The molecule has 1 saturated heterocycles. The van der Waals surface area contributed by atoms with Crippen LogP contribution in [0.15, 0.2) is 0 Å². The minimum atomic E-state index is 0.253. The number of nitrogens with zero attached hydrogens (tertiary/aromatic N) is 1. The monoisotopic (exact) mass is 240 g/mol. The fraction of sp³-hybridized carbons (Fsp3) is 1.00. The summed E-state index contributed by atoms with van der Waals surface area (Å²) >= 11 is 0. The average Bonchev–Trinajstić information content (AvgIpc) is 2.66. The van der Waals surface area contributed by atoms with Crippen molar-refractivity contribution in [3.63, 3.8) is 0 Å². The third-order valence-corrected chi connectivity index (χ3v) is 4.81. The second-order valence-electron chi connectivity index (χ2n) is 6.84. The minimum Gasteiger partial charge on any atom is -0.329 e. The van der Waals surface area contributed by atoms with Gasteiger partial charge in [-0.25, -0.2) is 0 Å². The van der Waals surface area contributed by atoms with E-state index in [1.54, 1.807) is 0 Å². The van der Waals surface area contributed by atoms with Crippen LogP contribution in [0.25, 0.3) is 0 Å². The molecule has 0 radical (unpaired) electrons. The van der Waals surface area contributed by atoms with E-state index < -0.39 is 0 Å². The zero-order valence-electron chi connectivity index (χ0n) is 12.6. The summed E-state index contributed by atoms with van der Waals surface area (Å²) < 4.78 is 0. The number of likely N-dealkylation sites (tertiary alicyclic amines) is 1. The maximum atomic E-state index is 6.15. The molecule has 102 valence electrons. The highest BCUT2D eigenvalue weighted by Gasteiger charge is 2.41. The molecule has 1 aliphatic rings. The second-order valence-corrected chi connectivity index (χ2v) is 6.84. The first kappa shape index (κ1) is 15.0. The van der Waals surface area contributed by atoms with Crippen molar-refractivity contribution < 1.29 is 0 Å². The van der Waals surface area contributed by atoms with Crippen molar-refractivity contribution in [2.24, 2.45) is 17.1 Å². The summed E-state index contributed by atoms with van der Waals surface area (Å²) in [6, 6.07) is 0. The van der Waals surface area contributed by atoms with Gasteiger partial charge >= 0.3 is 0 Å². The smallest absolute Gasteiger partial charge is 0.0331 e. The van der Waals surface area contributed by atoms with Crippen molar-refractivity contribution in [2.45, 2.75) is 65.8 Å². The molecule has 0 aromatic carbocycles. The van der Waals surface area contributed by atoms with Crippen LogP contribution in [0, 0.1) is 11.3 Å². The predicted octanol–water partition coefficient (Wildman–Crippen LogP) is 3.26. The molecule has 0 aromatic rings. The van der Waals surface area contributed by atoms with Crippen LogP contribution in [0.2, 0.25) is 0 Å². The van der Waals surface area contributed by atoms with Crippen molar-refractivity contribution in [3.8, 4) is 0 Å². The summed E-state index contributed by atoms with van der Waals surface area (Å²) in [5, 5.41) is 0. The minimum absolute atomic E-state index is 0.253. The molecule has 2 nitrogen and oxygen atoms in total. The highest BCUT2D eigenvalue weighted by Crippen LogP contribution is 2.37. The van der Waals surface area contributed by atoms with Crippen molar-refractivity contribution in [2.75, 3.05) is 19.6 Å². The molecule has 2 unspecified atom stereocenters. The Morgan fingerprint density at radius 1 is 1.35 bits per heavy atom. The van der Waals surface area contributed by atoms with E-state index in [2.05, 4.69) is 39.5 Å². The molecule has 1 rings (SSSR count). The molecule has 0 aromatic heterocycles. The predicted molar refractivity (Wildman–Crippen MR) is 76.1 cm³/mol. The van der Waals surface area contributed by atoms with Gasteiger partial charge in [-0.1, -0.05) is 41.0 Å². The summed E-state index contributed by atoms with van der Waals surface area (Å²) in [4.78, 5) is 2.68. The van der Waals surface area contributed by atoms with Gasteiger partial charge in [0.15, 0.2) is 0 Å². The summed E-state index contributed by atoms with van der Waals surface area (Å²) in [7, 11) is 0. The summed E-state index contributed by atoms with van der Waals surface area (Å²) in [5.41, 5.74) is 6.88. The Labute approximate surface area is 108 Å². The Morgan fingerprint density at radius 2 is 2.00 bits per heavy atom. The van der Waals surface area contributed by atoms with Gasteiger partial charge in [-0.15, -0.1) is 0 Å². The quantitative estimate of drug-likeness (QED) is 0.772. The van der Waals surface area contributed by atoms with Crippen molar-refractivity contribution in [1.82, 2.24) is 4.90 Å². The van der Waals surface area contributed by atoms with E-state index in [9.17, 15) is 0 Å². The lowest BCUT2D eigenvalue weighted by Gasteiger charge is -2.43. The maximum absolute atomic E-state index is 6.15. The lowest BCUT2D eigenvalue weighted by atomic mass is 9.83. The van der Waals surface area contributed by atoms with Gasteiger partial charge in [-0.2, -0.15) is 0 Å². The Bertz CT molecular complexity index is 231. The molecule has 0 spiro atoms. The highest BCUT2D eigenvalue weighted by atomic mass is 15.2. The molecule has 1 heterocycles. The van der Waals surface area contributed by atoms with Gasteiger partial charge in [0.05, 0.1) is 0 Å². The Hall–Kier alpha value is -0.0800. The van der Waals surface area contributed by atoms with E-state index in [0.29, 0.717) is 5.41 Å². The van der Waals surface area contributed by atoms with Gasteiger partial charge in [0.2, 0.25) is 0 Å². The van der Waals surface area contributed by atoms with Crippen LogP contribution in [0.1, 0.15) is 60.3 Å². The fourth-order valence-electron chi connectivity index (χ4n) is 3.16. The Kier molecular flexibility index (Phi) is 5.03. The first-order valence-electron chi connectivity index (χ1n) is 7.34. The van der Waals surface area contributed by atoms with Crippen LogP contribution in [0.3, 0.4) is 0 Å². The topological polar surface area (TPSA) is 29.3 Å². The van der Waals surface area contributed by atoms with E-state index in [1.807, 2.05) is 0 Å². The standard InChI is InChI=1S/C15H32N2/c1-6-13(3)10-15(7-2,11-16)17-9-8-14(4,5)12-17/h13H,6-12,16H2,1-5H3. The van der Waals surface area contributed by atoms with Crippen LogP contribution in [-0.4, -0.2) is 30.1 Å². The second kappa shape index (κ2) is 5.71. The van der Waals surface area contributed by atoms with Gasteiger partial charge in [0.1, 0.15) is 0 Å². The lowest BCUT2D eigenvalue weighted by molar-refractivity contribution is 0.0806. The number of nitrogens with two attached hydrogens (primary N) is 1. The molecule has 1 aliphatic heterocycles. The number of hydrogen-bond acceptors (Lipinski definition) is 2. The third kappa shape index (κ3) is 3.45. The molecular formula is C15H32N2. The zero-order chi connectivity index (χ0) is 13.1. The van der Waals surface area contributed by atoms with E-state index in [1.165, 1.54) is 38.8 Å². The Morgan fingerprint density at radius 3 is 2.35 bits per heavy atom. The fourth-order valence-corrected chi connectivity index (χ4v) is 3.16. The number of rotatable bonds is 6. The highest BCUT2D eigenvalue weighted by molar-refractivity contribution is 4.97. The molecule has 1 fully saturated rings. The molecule has 2 atom stereocenters. The average molecular weight is 240 g/mol. The molecule has 2 heteroatoms. The van der Waals surface area contributed by atoms with Gasteiger partial charge in [-0.05, 0) is 37.1 Å². The largest absolute Gasteiger partial charge is 0.329 e. The van der Waals surface area contributed by atoms with Crippen molar-refractivity contribution in [3.05, 3.63) is 0 Å². The molecule has 2 N–H and O–H groups in total. The van der Waals surface area contributed by atoms with Crippen LogP contribution >= 0.6 is 0 Å². The van der Waals surface area contributed by atoms with Crippen LogP contribution < -0.4 is 5.73 Å². The molecule has 0 bridgehead atoms. The Balaban J connectivity index is 2.77.